The number of aliphatic carboxylic acids is 1. The van der Waals surface area contributed by atoms with Crippen LogP contribution in [0.1, 0.15) is 22.5 Å². The molecule has 1 amide bonds. The summed E-state index contributed by atoms with van der Waals surface area (Å²) in [6.07, 6.45) is 0.546. The van der Waals surface area contributed by atoms with Crippen LogP contribution in [0, 0.1) is 0 Å². The fraction of sp³-hybridized carbons (Fsp3) is 0.375. The van der Waals surface area contributed by atoms with E-state index < -0.39 is 5.97 Å². The number of fused-ring (bicyclic) bond motifs is 1. The van der Waals surface area contributed by atoms with Gasteiger partial charge in [0.2, 0.25) is 0 Å². The van der Waals surface area contributed by atoms with Crippen molar-refractivity contribution < 1.29 is 19.4 Å². The Kier molecular flexibility index (Phi) is 5.16. The summed E-state index contributed by atoms with van der Waals surface area (Å²) in [6, 6.07) is 7.34. The Hall–Kier alpha value is -2.34. The van der Waals surface area contributed by atoms with Gasteiger partial charge in [-0.3, -0.25) is 9.59 Å². The number of carbonyl (C=O) groups is 2. The van der Waals surface area contributed by atoms with E-state index in [1.807, 2.05) is 24.3 Å². The fourth-order valence-corrected chi connectivity index (χ4v) is 2.46. The van der Waals surface area contributed by atoms with Gasteiger partial charge in [0.1, 0.15) is 5.69 Å². The lowest BCUT2D eigenvalue weighted by Gasteiger charge is -2.17. The predicted octanol–water partition coefficient (Wildman–Crippen LogP) is 1.90. The minimum atomic E-state index is -0.958. The fourth-order valence-electron chi connectivity index (χ4n) is 2.46. The molecule has 0 aliphatic rings. The monoisotopic (exact) mass is 304 g/mol. The Morgan fingerprint density at radius 3 is 2.73 bits per heavy atom. The summed E-state index contributed by atoms with van der Waals surface area (Å²) >= 11 is 0. The number of amides is 1. The number of rotatable bonds is 7. The lowest BCUT2D eigenvalue weighted by molar-refractivity contribution is -0.136. The highest BCUT2D eigenvalue weighted by Gasteiger charge is 2.21. The third-order valence-electron chi connectivity index (χ3n) is 3.54. The van der Waals surface area contributed by atoms with Gasteiger partial charge in [0.25, 0.3) is 5.91 Å². The van der Waals surface area contributed by atoms with Crippen LogP contribution in [-0.4, -0.2) is 54.2 Å². The smallest absolute Gasteiger partial charge is 0.307 e. The SMILES string of the molecule is COCCCN(C)C(=O)c1[nH]c2ccccc2c1CC(=O)O. The molecule has 118 valence electrons. The Morgan fingerprint density at radius 2 is 2.05 bits per heavy atom. The summed E-state index contributed by atoms with van der Waals surface area (Å²) in [6.45, 7) is 1.13. The van der Waals surface area contributed by atoms with Gasteiger partial charge in [0.05, 0.1) is 6.42 Å². The molecular weight excluding hydrogens is 284 g/mol. The van der Waals surface area contributed by atoms with Gasteiger partial charge in [0.15, 0.2) is 0 Å². The number of para-hydroxylation sites is 1. The molecule has 2 aromatic rings. The highest BCUT2D eigenvalue weighted by molar-refractivity contribution is 6.02. The summed E-state index contributed by atoms with van der Waals surface area (Å²) in [5.74, 6) is -1.16. The average molecular weight is 304 g/mol. The Balaban J connectivity index is 2.32. The van der Waals surface area contributed by atoms with Crippen molar-refractivity contribution in [2.75, 3.05) is 27.3 Å². The van der Waals surface area contributed by atoms with Gasteiger partial charge in [0, 0.05) is 43.8 Å². The number of aromatic amines is 1. The number of hydrogen-bond donors (Lipinski definition) is 2. The van der Waals surface area contributed by atoms with Gasteiger partial charge in [-0.25, -0.2) is 0 Å². The molecule has 6 nitrogen and oxygen atoms in total. The minimum Gasteiger partial charge on any atom is -0.481 e. The second-order valence-electron chi connectivity index (χ2n) is 5.17. The number of carboxylic acids is 1. The molecule has 1 aromatic carbocycles. The van der Waals surface area contributed by atoms with Crippen LogP contribution in [-0.2, 0) is 16.0 Å². The van der Waals surface area contributed by atoms with E-state index in [1.165, 1.54) is 0 Å². The molecule has 0 unspecified atom stereocenters. The molecule has 0 saturated carbocycles. The van der Waals surface area contributed by atoms with E-state index in [4.69, 9.17) is 9.84 Å². The van der Waals surface area contributed by atoms with Gasteiger partial charge < -0.3 is 19.7 Å². The van der Waals surface area contributed by atoms with Crippen LogP contribution < -0.4 is 0 Å². The lowest BCUT2D eigenvalue weighted by Crippen LogP contribution is -2.29. The Bertz CT molecular complexity index is 678. The van der Waals surface area contributed by atoms with Gasteiger partial charge in [-0.1, -0.05) is 18.2 Å². The molecular formula is C16H20N2O4. The molecule has 1 heterocycles. The molecule has 0 aliphatic carbocycles. The largest absolute Gasteiger partial charge is 0.481 e. The summed E-state index contributed by atoms with van der Waals surface area (Å²) in [7, 11) is 3.32. The molecule has 0 spiro atoms. The van der Waals surface area contributed by atoms with Gasteiger partial charge in [-0.2, -0.15) is 0 Å². The maximum absolute atomic E-state index is 12.6. The van der Waals surface area contributed by atoms with Crippen molar-refractivity contribution in [3.8, 4) is 0 Å². The topological polar surface area (TPSA) is 82.6 Å². The molecule has 2 N–H and O–H groups in total. The van der Waals surface area contributed by atoms with Crippen LogP contribution in [0.4, 0.5) is 0 Å². The quantitative estimate of drug-likeness (QED) is 0.765. The zero-order chi connectivity index (χ0) is 16.1. The number of carboxylic acid groups (broad SMARTS) is 1. The molecule has 0 saturated heterocycles. The van der Waals surface area contributed by atoms with Gasteiger partial charge >= 0.3 is 5.97 Å². The second kappa shape index (κ2) is 7.09. The van der Waals surface area contributed by atoms with Crippen molar-refractivity contribution in [1.29, 1.82) is 0 Å². The number of aromatic nitrogens is 1. The highest BCUT2D eigenvalue weighted by Crippen LogP contribution is 2.24. The van der Waals surface area contributed by atoms with E-state index in [2.05, 4.69) is 4.98 Å². The molecule has 1 aromatic heterocycles. The van der Waals surface area contributed by atoms with Crippen molar-refractivity contribution in [2.24, 2.45) is 0 Å². The first-order chi connectivity index (χ1) is 10.5. The number of ether oxygens (including phenoxy) is 1. The molecule has 0 bridgehead atoms. The summed E-state index contributed by atoms with van der Waals surface area (Å²) in [5.41, 5.74) is 1.66. The van der Waals surface area contributed by atoms with E-state index >= 15 is 0 Å². The Labute approximate surface area is 128 Å². The summed E-state index contributed by atoms with van der Waals surface area (Å²) in [5, 5.41) is 9.88. The first-order valence-electron chi connectivity index (χ1n) is 7.10. The maximum Gasteiger partial charge on any atom is 0.307 e. The summed E-state index contributed by atoms with van der Waals surface area (Å²) in [4.78, 5) is 28.3. The van der Waals surface area contributed by atoms with Crippen molar-refractivity contribution in [1.82, 2.24) is 9.88 Å². The van der Waals surface area contributed by atoms with Crippen molar-refractivity contribution in [2.45, 2.75) is 12.8 Å². The van der Waals surface area contributed by atoms with Crippen LogP contribution in [0.5, 0.6) is 0 Å². The first-order valence-corrected chi connectivity index (χ1v) is 7.10. The van der Waals surface area contributed by atoms with Crippen LogP contribution in [0.25, 0.3) is 10.9 Å². The first kappa shape index (κ1) is 16.0. The zero-order valence-corrected chi connectivity index (χ0v) is 12.8. The van der Waals surface area contributed by atoms with E-state index in [1.54, 1.807) is 19.1 Å². The molecule has 0 fully saturated rings. The number of methoxy groups -OCH3 is 1. The molecule has 22 heavy (non-hydrogen) atoms. The van der Waals surface area contributed by atoms with Crippen molar-refractivity contribution >= 4 is 22.8 Å². The maximum atomic E-state index is 12.6. The average Bonchev–Trinajstić information content (AvgIpc) is 2.85. The molecule has 2 rings (SSSR count). The third-order valence-corrected chi connectivity index (χ3v) is 3.54. The van der Waals surface area contributed by atoms with Crippen LogP contribution in [0.3, 0.4) is 0 Å². The molecule has 0 atom stereocenters. The lowest BCUT2D eigenvalue weighted by atomic mass is 10.1. The van der Waals surface area contributed by atoms with E-state index in [0.717, 1.165) is 17.3 Å². The molecule has 0 aliphatic heterocycles. The zero-order valence-electron chi connectivity index (χ0n) is 12.8. The molecule has 6 heteroatoms. The van der Waals surface area contributed by atoms with E-state index in [0.29, 0.717) is 24.4 Å². The number of hydrogen-bond acceptors (Lipinski definition) is 3. The normalized spacial score (nSPS) is 10.8. The van der Waals surface area contributed by atoms with Crippen molar-refractivity contribution in [3.05, 3.63) is 35.5 Å². The molecule has 0 radical (unpaired) electrons. The number of nitrogens with one attached hydrogen (secondary N) is 1. The number of benzene rings is 1. The van der Waals surface area contributed by atoms with Gasteiger partial charge in [-0.05, 0) is 12.5 Å². The number of carbonyl (C=O) groups excluding carboxylic acids is 1. The third kappa shape index (κ3) is 3.46. The van der Waals surface area contributed by atoms with E-state index in [9.17, 15) is 9.59 Å². The van der Waals surface area contributed by atoms with E-state index in [-0.39, 0.29) is 12.3 Å². The minimum absolute atomic E-state index is 0.184. The number of H-pyrrole nitrogens is 1. The standard InChI is InChI=1S/C16H20N2O4/c1-18(8-5-9-22-2)16(21)15-12(10-14(19)20)11-6-3-4-7-13(11)17-15/h3-4,6-7,17H,5,8-10H2,1-2H3,(H,19,20). The van der Waals surface area contributed by atoms with Gasteiger partial charge in [-0.15, -0.1) is 0 Å². The van der Waals surface area contributed by atoms with Crippen LogP contribution >= 0.6 is 0 Å². The van der Waals surface area contributed by atoms with Crippen LogP contribution in [0.2, 0.25) is 0 Å². The van der Waals surface area contributed by atoms with Crippen molar-refractivity contribution in [3.63, 3.8) is 0 Å². The highest BCUT2D eigenvalue weighted by atomic mass is 16.5. The second-order valence-corrected chi connectivity index (χ2v) is 5.17. The summed E-state index contributed by atoms with van der Waals surface area (Å²) < 4.78 is 4.98. The Morgan fingerprint density at radius 1 is 1.32 bits per heavy atom. The number of nitrogens with zero attached hydrogens (tertiary/aromatic N) is 1. The van der Waals surface area contributed by atoms with Crippen LogP contribution in [0.15, 0.2) is 24.3 Å². The predicted molar refractivity (Wildman–Crippen MR) is 83.1 cm³/mol.